The fourth-order valence-electron chi connectivity index (χ4n) is 1.44. The van der Waals surface area contributed by atoms with Crippen molar-refractivity contribution in [1.82, 2.24) is 0 Å². The highest BCUT2D eigenvalue weighted by molar-refractivity contribution is 6.10. The summed E-state index contributed by atoms with van der Waals surface area (Å²) in [4.78, 5) is 24.0. The van der Waals surface area contributed by atoms with E-state index in [-0.39, 0.29) is 11.1 Å². The molecule has 0 saturated carbocycles. The summed E-state index contributed by atoms with van der Waals surface area (Å²) in [5.74, 6) is -3.10. The van der Waals surface area contributed by atoms with Gasteiger partial charge in [0.1, 0.15) is 11.5 Å². The van der Waals surface area contributed by atoms with Gasteiger partial charge >= 0.3 is 0 Å². The van der Waals surface area contributed by atoms with Gasteiger partial charge in [0.2, 0.25) is 0 Å². The Bertz CT molecular complexity index is 1010. The molecule has 23 heavy (non-hydrogen) atoms. The van der Waals surface area contributed by atoms with E-state index in [1.807, 2.05) is 0 Å². The molecule has 0 aliphatic rings. The van der Waals surface area contributed by atoms with E-state index in [4.69, 9.17) is 11.0 Å². The van der Waals surface area contributed by atoms with Crippen LogP contribution in [-0.2, 0) is 9.59 Å². The zero-order valence-electron chi connectivity index (χ0n) is 19.7. The van der Waals surface area contributed by atoms with Crippen molar-refractivity contribution in [2.75, 3.05) is 0 Å². The number of aromatic hydroxyl groups is 2. The lowest BCUT2D eigenvalue weighted by Gasteiger charge is -1.95. The van der Waals surface area contributed by atoms with Crippen molar-refractivity contribution in [2.45, 2.75) is 6.42 Å². The molecule has 0 fully saturated rings. The van der Waals surface area contributed by atoms with Crippen LogP contribution in [0.1, 0.15) is 28.5 Å². The Labute approximate surface area is 145 Å². The third kappa shape index (κ3) is 5.63. The molecule has 0 spiro atoms. The van der Waals surface area contributed by atoms with Crippen molar-refractivity contribution in [3.8, 4) is 11.5 Å². The minimum Gasteiger partial charge on any atom is -0.508 e. The molecule has 0 bridgehead atoms. The van der Waals surface area contributed by atoms with Crippen LogP contribution < -0.4 is 0 Å². The normalized spacial score (nSPS) is 16.0. The fourth-order valence-corrected chi connectivity index (χ4v) is 1.44. The molecule has 0 heterocycles. The number of carbonyl (C=O) groups excluding carboxylic acids is 2. The number of rotatable bonds is 6. The summed E-state index contributed by atoms with van der Waals surface area (Å²) >= 11 is 0. The Kier molecular flexibility index (Phi) is 2.86. The van der Waals surface area contributed by atoms with E-state index in [2.05, 4.69) is 0 Å². The smallest absolute Gasteiger partial charge is 0.163 e. The van der Waals surface area contributed by atoms with Gasteiger partial charge in [-0.05, 0) is 47.4 Å². The molecule has 4 nitrogen and oxygen atoms in total. The van der Waals surface area contributed by atoms with Crippen LogP contribution in [-0.4, -0.2) is 21.8 Å². The van der Waals surface area contributed by atoms with E-state index in [1.54, 1.807) is 0 Å². The molecule has 0 aromatic heterocycles. The molecule has 0 amide bonds. The number of carbonyl (C=O) groups is 2. The van der Waals surface area contributed by atoms with Crippen molar-refractivity contribution in [2.24, 2.45) is 0 Å². The van der Waals surface area contributed by atoms with Crippen molar-refractivity contribution in [1.29, 1.82) is 0 Å². The first-order valence-corrected chi connectivity index (χ1v) is 6.38. The standard InChI is InChI=1S/C19H16O4/c20-16-7-1-14(2-8-16)5-11-18(22)13-19(23)12-6-15-3-9-17(21)10-4-15/h1-12,20-21H,13H2/i1D,2D,3D,4D,7D,8D,9D,10D. The van der Waals surface area contributed by atoms with Gasteiger partial charge in [0.15, 0.2) is 11.6 Å². The number of phenolic OH excluding ortho intramolecular Hbond substituents is 2. The molecule has 0 aliphatic carbocycles. The Balaban J connectivity index is 2.20. The second-order valence-electron chi connectivity index (χ2n) is 4.30. The second kappa shape index (κ2) is 7.75. The van der Waals surface area contributed by atoms with Gasteiger partial charge in [-0.1, -0.05) is 36.3 Å². The zero-order valence-corrected chi connectivity index (χ0v) is 11.7. The van der Waals surface area contributed by atoms with Gasteiger partial charge in [0, 0.05) is 0 Å². The fraction of sp³-hybridized carbons (Fsp3) is 0.0526. The van der Waals surface area contributed by atoms with Crippen molar-refractivity contribution < 1.29 is 30.8 Å². The highest BCUT2D eigenvalue weighted by Gasteiger charge is 2.03. The number of benzene rings is 2. The summed E-state index contributed by atoms with van der Waals surface area (Å²) in [6, 6.07) is -4.87. The molecule has 116 valence electrons. The molecule has 2 rings (SSSR count). The van der Waals surface area contributed by atoms with Crippen LogP contribution in [0.15, 0.2) is 60.5 Å². The minimum absolute atomic E-state index is 0.239. The van der Waals surface area contributed by atoms with Crippen LogP contribution in [0.3, 0.4) is 0 Å². The molecule has 0 saturated heterocycles. The number of allylic oxidation sites excluding steroid dienone is 2. The Morgan fingerprint density at radius 3 is 1.48 bits per heavy atom. The average Bonchev–Trinajstić information content (AvgIpc) is 2.73. The lowest BCUT2D eigenvalue weighted by molar-refractivity contribution is -0.121. The molecular formula is C19H16O4. The number of ketones is 2. The lowest BCUT2D eigenvalue weighted by Crippen LogP contribution is -2.01. The van der Waals surface area contributed by atoms with Gasteiger partial charge in [0.25, 0.3) is 0 Å². The number of phenols is 2. The maximum atomic E-state index is 12.0. The van der Waals surface area contributed by atoms with Crippen LogP contribution in [0, 0.1) is 0 Å². The summed E-state index contributed by atoms with van der Waals surface area (Å²) in [7, 11) is 0. The first kappa shape index (κ1) is 8.48. The average molecular weight is 316 g/mol. The third-order valence-electron chi connectivity index (χ3n) is 2.48. The van der Waals surface area contributed by atoms with Gasteiger partial charge in [-0.15, -0.1) is 0 Å². The predicted molar refractivity (Wildman–Crippen MR) is 88.9 cm³/mol. The molecule has 2 aromatic rings. The Hall–Kier alpha value is -3.14. The highest BCUT2D eigenvalue weighted by Crippen LogP contribution is 2.12. The van der Waals surface area contributed by atoms with E-state index in [0.717, 1.165) is 24.3 Å². The molecule has 2 N–H and O–H groups in total. The quantitative estimate of drug-likeness (QED) is 0.633. The van der Waals surface area contributed by atoms with E-state index >= 15 is 0 Å². The highest BCUT2D eigenvalue weighted by atomic mass is 16.3. The Morgan fingerprint density at radius 1 is 0.783 bits per heavy atom. The van der Waals surface area contributed by atoms with E-state index in [9.17, 15) is 19.8 Å². The first-order valence-electron chi connectivity index (χ1n) is 10.4. The Morgan fingerprint density at radius 2 is 1.13 bits per heavy atom. The van der Waals surface area contributed by atoms with Gasteiger partial charge in [-0.3, -0.25) is 9.59 Å². The number of hydrogen-bond donors (Lipinski definition) is 2. The summed E-state index contributed by atoms with van der Waals surface area (Å²) in [6.07, 6.45) is 3.14. The van der Waals surface area contributed by atoms with Crippen LogP contribution in [0.4, 0.5) is 0 Å². The molecule has 2 aromatic carbocycles. The molecule has 0 unspecified atom stereocenters. The molecule has 0 atom stereocenters. The second-order valence-corrected chi connectivity index (χ2v) is 4.30. The summed E-state index contributed by atoms with van der Waals surface area (Å²) < 4.78 is 61.1. The first-order chi connectivity index (χ1) is 14.4. The topological polar surface area (TPSA) is 74.6 Å². The van der Waals surface area contributed by atoms with Gasteiger partial charge in [0.05, 0.1) is 17.4 Å². The maximum absolute atomic E-state index is 12.0. The predicted octanol–water partition coefficient (Wildman–Crippen LogP) is 3.35. The summed E-state index contributed by atoms with van der Waals surface area (Å²) in [5.41, 5.74) is -0.478. The van der Waals surface area contributed by atoms with Crippen LogP contribution in [0.5, 0.6) is 11.5 Å². The maximum Gasteiger partial charge on any atom is 0.163 e. The lowest BCUT2D eigenvalue weighted by atomic mass is 10.1. The monoisotopic (exact) mass is 316 g/mol. The summed E-state index contributed by atoms with van der Waals surface area (Å²) in [6.45, 7) is 0. The molecule has 0 aliphatic heterocycles. The van der Waals surface area contributed by atoms with E-state index in [0.29, 0.717) is 0 Å². The van der Waals surface area contributed by atoms with Gasteiger partial charge in [-0.2, -0.15) is 0 Å². The SMILES string of the molecule is [2H]c1c([2H])c(C=CC(=O)CC(=O)C=Cc2c([2H])c([2H])c(O)c([2H])c2[2H])c([2H])c([2H])c1O. The van der Waals surface area contributed by atoms with E-state index in [1.165, 1.54) is 0 Å². The third-order valence-corrected chi connectivity index (χ3v) is 2.48. The largest absolute Gasteiger partial charge is 0.508 e. The zero-order chi connectivity index (χ0) is 23.6. The van der Waals surface area contributed by atoms with Crippen molar-refractivity contribution in [3.05, 3.63) is 71.6 Å². The van der Waals surface area contributed by atoms with Crippen molar-refractivity contribution >= 4 is 23.7 Å². The molecule has 4 heteroatoms. The van der Waals surface area contributed by atoms with Crippen LogP contribution in [0.2, 0.25) is 0 Å². The number of hydrogen-bond acceptors (Lipinski definition) is 4. The van der Waals surface area contributed by atoms with Gasteiger partial charge in [-0.25, -0.2) is 0 Å². The van der Waals surface area contributed by atoms with Gasteiger partial charge < -0.3 is 10.2 Å². The van der Waals surface area contributed by atoms with E-state index < -0.39 is 77.8 Å². The summed E-state index contributed by atoms with van der Waals surface area (Å²) in [5, 5.41) is 19.0. The van der Waals surface area contributed by atoms with Crippen LogP contribution >= 0.6 is 0 Å². The van der Waals surface area contributed by atoms with Crippen molar-refractivity contribution in [3.63, 3.8) is 0 Å². The molecule has 0 radical (unpaired) electrons. The molecular weight excluding hydrogens is 292 g/mol. The van der Waals surface area contributed by atoms with Crippen LogP contribution in [0.25, 0.3) is 12.2 Å². The minimum atomic E-state index is -0.817.